The molecule has 2 heterocycles. The van der Waals surface area contributed by atoms with E-state index in [1.54, 1.807) is 12.4 Å². The lowest BCUT2D eigenvalue weighted by Crippen LogP contribution is -2.21. The Hall–Kier alpha value is -0.640. The molecule has 0 saturated carbocycles. The molecule has 0 amide bonds. The third kappa shape index (κ3) is 2.68. The number of hydrogen-bond donors (Lipinski definition) is 1. The molecule has 1 aliphatic heterocycles. The van der Waals surface area contributed by atoms with Crippen LogP contribution in [0.2, 0.25) is 5.02 Å². The Morgan fingerprint density at radius 2 is 2.47 bits per heavy atom. The van der Waals surface area contributed by atoms with Crippen molar-refractivity contribution in [2.24, 2.45) is 5.92 Å². The fourth-order valence-corrected chi connectivity index (χ4v) is 2.16. The summed E-state index contributed by atoms with van der Waals surface area (Å²) in [6.07, 6.45) is 4.52. The zero-order valence-corrected chi connectivity index (χ0v) is 9.32. The lowest BCUT2D eigenvalue weighted by atomic mass is 10.1. The van der Waals surface area contributed by atoms with Crippen LogP contribution in [0.4, 0.5) is 0 Å². The van der Waals surface area contributed by atoms with E-state index in [0.717, 1.165) is 36.6 Å². The molecule has 1 atom stereocenters. The van der Waals surface area contributed by atoms with E-state index in [1.807, 2.05) is 6.07 Å². The Labute approximate surface area is 94.7 Å². The van der Waals surface area contributed by atoms with E-state index < -0.39 is 0 Å². The number of hydrogen-bond acceptors (Lipinski definition) is 3. The minimum absolute atomic E-state index is 0.292. The van der Waals surface area contributed by atoms with Crippen molar-refractivity contribution < 1.29 is 5.11 Å². The minimum Gasteiger partial charge on any atom is -0.396 e. The molecule has 1 aromatic rings. The Balaban J connectivity index is 1.96. The van der Waals surface area contributed by atoms with E-state index in [4.69, 9.17) is 16.7 Å². The fourth-order valence-electron chi connectivity index (χ4n) is 1.98. The molecule has 1 saturated heterocycles. The average Bonchev–Trinajstić information content (AvgIpc) is 2.69. The topological polar surface area (TPSA) is 36.4 Å². The summed E-state index contributed by atoms with van der Waals surface area (Å²) in [5, 5.41) is 9.77. The molecule has 0 radical (unpaired) electrons. The molecule has 3 nitrogen and oxygen atoms in total. The fraction of sp³-hybridized carbons (Fsp3) is 0.545. The van der Waals surface area contributed by atoms with Gasteiger partial charge in [-0.1, -0.05) is 11.6 Å². The Morgan fingerprint density at radius 1 is 1.60 bits per heavy atom. The summed E-state index contributed by atoms with van der Waals surface area (Å²) in [6.45, 7) is 3.16. The van der Waals surface area contributed by atoms with Crippen molar-refractivity contribution in [3.63, 3.8) is 0 Å². The number of halogens is 1. The van der Waals surface area contributed by atoms with Gasteiger partial charge in [0.15, 0.2) is 0 Å². The molecular weight excluding hydrogens is 212 g/mol. The van der Waals surface area contributed by atoms with E-state index in [9.17, 15) is 0 Å². The number of pyridine rings is 1. The second kappa shape index (κ2) is 4.92. The number of aliphatic hydroxyl groups is 1. The van der Waals surface area contributed by atoms with Gasteiger partial charge in [-0.25, -0.2) is 0 Å². The average molecular weight is 227 g/mol. The van der Waals surface area contributed by atoms with Gasteiger partial charge in [-0.3, -0.25) is 9.88 Å². The van der Waals surface area contributed by atoms with Crippen LogP contribution in [0.25, 0.3) is 0 Å². The molecule has 15 heavy (non-hydrogen) atoms. The Bertz CT molecular complexity index is 332. The molecule has 0 aromatic carbocycles. The highest BCUT2D eigenvalue weighted by Crippen LogP contribution is 2.21. The van der Waals surface area contributed by atoms with Crippen LogP contribution >= 0.6 is 11.6 Å². The molecule has 1 unspecified atom stereocenters. The Kier molecular flexibility index (Phi) is 3.57. The lowest BCUT2D eigenvalue weighted by molar-refractivity contribution is 0.220. The van der Waals surface area contributed by atoms with Gasteiger partial charge in [0.05, 0.1) is 5.02 Å². The first-order valence-electron chi connectivity index (χ1n) is 5.21. The summed E-state index contributed by atoms with van der Waals surface area (Å²) in [7, 11) is 0. The van der Waals surface area contributed by atoms with Crippen molar-refractivity contribution in [2.75, 3.05) is 19.7 Å². The van der Waals surface area contributed by atoms with Crippen LogP contribution < -0.4 is 0 Å². The van der Waals surface area contributed by atoms with E-state index in [2.05, 4.69) is 9.88 Å². The molecule has 1 aliphatic rings. The summed E-state index contributed by atoms with van der Waals surface area (Å²) < 4.78 is 0. The van der Waals surface area contributed by atoms with Crippen molar-refractivity contribution >= 4 is 11.6 Å². The number of rotatable bonds is 3. The van der Waals surface area contributed by atoms with Crippen molar-refractivity contribution in [3.8, 4) is 0 Å². The minimum atomic E-state index is 0.292. The quantitative estimate of drug-likeness (QED) is 0.850. The molecular formula is C11H15ClN2O. The van der Waals surface area contributed by atoms with E-state index in [-0.39, 0.29) is 0 Å². The molecule has 0 spiro atoms. The maximum absolute atomic E-state index is 9.04. The molecule has 4 heteroatoms. The summed E-state index contributed by atoms with van der Waals surface area (Å²) in [4.78, 5) is 6.28. The van der Waals surface area contributed by atoms with Crippen LogP contribution in [0.15, 0.2) is 18.5 Å². The van der Waals surface area contributed by atoms with Gasteiger partial charge in [0.2, 0.25) is 0 Å². The molecule has 1 fully saturated rings. The lowest BCUT2D eigenvalue weighted by Gasteiger charge is -2.16. The van der Waals surface area contributed by atoms with Gasteiger partial charge < -0.3 is 5.11 Å². The maximum Gasteiger partial charge on any atom is 0.0634 e. The smallest absolute Gasteiger partial charge is 0.0634 e. The highest BCUT2D eigenvalue weighted by atomic mass is 35.5. The van der Waals surface area contributed by atoms with Gasteiger partial charge in [-0.2, -0.15) is 0 Å². The van der Waals surface area contributed by atoms with Crippen LogP contribution in [0.1, 0.15) is 12.0 Å². The summed E-state index contributed by atoms with van der Waals surface area (Å²) in [5.74, 6) is 0.436. The number of nitrogens with zero attached hydrogens (tertiary/aromatic N) is 2. The SMILES string of the molecule is OCC1CCN(Cc2ccncc2Cl)C1. The van der Waals surface area contributed by atoms with Crippen molar-refractivity contribution in [1.29, 1.82) is 0 Å². The maximum atomic E-state index is 9.04. The van der Waals surface area contributed by atoms with Crippen molar-refractivity contribution in [3.05, 3.63) is 29.0 Å². The summed E-state index contributed by atoms with van der Waals surface area (Å²) >= 11 is 6.03. The Morgan fingerprint density at radius 3 is 3.13 bits per heavy atom. The summed E-state index contributed by atoms with van der Waals surface area (Å²) in [6, 6.07) is 1.95. The normalized spacial score (nSPS) is 22.1. The standard InChI is InChI=1S/C11H15ClN2O/c12-11-5-13-3-1-10(11)7-14-4-2-9(6-14)8-15/h1,3,5,9,15H,2,4,6-8H2. The van der Waals surface area contributed by atoms with Crippen molar-refractivity contribution in [1.82, 2.24) is 9.88 Å². The zero-order chi connectivity index (χ0) is 10.7. The van der Waals surface area contributed by atoms with Gasteiger partial charge >= 0.3 is 0 Å². The molecule has 0 aliphatic carbocycles. The molecule has 2 rings (SSSR count). The first kappa shape index (κ1) is 10.9. The number of likely N-dealkylation sites (tertiary alicyclic amines) is 1. The third-order valence-electron chi connectivity index (χ3n) is 2.88. The second-order valence-electron chi connectivity index (χ2n) is 4.04. The van der Waals surface area contributed by atoms with Crippen LogP contribution in [-0.2, 0) is 6.54 Å². The highest BCUT2D eigenvalue weighted by Gasteiger charge is 2.21. The second-order valence-corrected chi connectivity index (χ2v) is 4.45. The van der Waals surface area contributed by atoms with Crippen molar-refractivity contribution in [2.45, 2.75) is 13.0 Å². The number of aromatic nitrogens is 1. The molecule has 1 aromatic heterocycles. The summed E-state index contributed by atoms with van der Waals surface area (Å²) in [5.41, 5.74) is 1.12. The first-order chi connectivity index (χ1) is 7.29. The number of aliphatic hydroxyl groups excluding tert-OH is 1. The predicted molar refractivity (Wildman–Crippen MR) is 59.7 cm³/mol. The largest absolute Gasteiger partial charge is 0.396 e. The van der Waals surface area contributed by atoms with Crippen LogP contribution in [0, 0.1) is 5.92 Å². The van der Waals surface area contributed by atoms with Gasteiger partial charge in [0.25, 0.3) is 0 Å². The van der Waals surface area contributed by atoms with Crippen LogP contribution in [-0.4, -0.2) is 34.7 Å². The van der Waals surface area contributed by atoms with Crippen LogP contribution in [0.3, 0.4) is 0 Å². The van der Waals surface area contributed by atoms with E-state index >= 15 is 0 Å². The monoisotopic (exact) mass is 226 g/mol. The predicted octanol–water partition coefficient (Wildman–Crippen LogP) is 1.55. The van der Waals surface area contributed by atoms with E-state index in [0.29, 0.717) is 12.5 Å². The molecule has 0 bridgehead atoms. The third-order valence-corrected chi connectivity index (χ3v) is 3.22. The van der Waals surface area contributed by atoms with Gasteiger partial charge in [-0.15, -0.1) is 0 Å². The van der Waals surface area contributed by atoms with Gasteiger partial charge in [-0.05, 0) is 30.5 Å². The van der Waals surface area contributed by atoms with Crippen LogP contribution in [0.5, 0.6) is 0 Å². The molecule has 1 N–H and O–H groups in total. The van der Waals surface area contributed by atoms with Gasteiger partial charge in [0.1, 0.15) is 0 Å². The zero-order valence-electron chi connectivity index (χ0n) is 8.56. The van der Waals surface area contributed by atoms with Gasteiger partial charge in [0, 0.05) is 32.1 Å². The first-order valence-corrected chi connectivity index (χ1v) is 5.59. The molecule has 82 valence electrons. The van der Waals surface area contributed by atoms with E-state index in [1.165, 1.54) is 0 Å². The highest BCUT2D eigenvalue weighted by molar-refractivity contribution is 6.31.